The number of aliphatic hydroxyl groups is 1. The van der Waals surface area contributed by atoms with Crippen molar-refractivity contribution in [2.75, 3.05) is 0 Å². The smallest absolute Gasteiger partial charge is 0.333 e. The van der Waals surface area contributed by atoms with Crippen LogP contribution in [-0.2, 0) is 10.2 Å². The lowest BCUT2D eigenvalue weighted by atomic mass is 9.79. The van der Waals surface area contributed by atoms with E-state index in [4.69, 9.17) is 9.52 Å². The quantitative estimate of drug-likeness (QED) is 0.798. The molecule has 0 aliphatic carbocycles. The number of carboxylic acid groups (broad SMARTS) is 1. The van der Waals surface area contributed by atoms with Gasteiger partial charge in [-0.15, -0.1) is 0 Å². The van der Waals surface area contributed by atoms with Crippen LogP contribution in [0.4, 0.5) is 0 Å². The van der Waals surface area contributed by atoms with Crippen molar-refractivity contribution >= 4 is 5.97 Å². The Labute approximate surface area is 88.5 Å². The second kappa shape index (κ2) is 3.70. The first kappa shape index (κ1) is 11.8. The molecular formula is C11H16O4. The van der Waals surface area contributed by atoms with Gasteiger partial charge in [-0.2, -0.15) is 0 Å². The maximum absolute atomic E-state index is 10.8. The van der Waals surface area contributed by atoms with Crippen molar-refractivity contribution in [2.24, 2.45) is 0 Å². The van der Waals surface area contributed by atoms with Crippen molar-refractivity contribution < 1.29 is 19.4 Å². The Bertz CT molecular complexity index is 376. The van der Waals surface area contributed by atoms with E-state index in [0.29, 0.717) is 11.5 Å². The molecule has 0 spiro atoms. The molecule has 0 aromatic carbocycles. The molecule has 1 rings (SSSR count). The average Bonchev–Trinajstić information content (AvgIpc) is 2.44. The minimum absolute atomic E-state index is 0.651. The van der Waals surface area contributed by atoms with Crippen LogP contribution in [0.25, 0.3) is 0 Å². The first-order chi connectivity index (χ1) is 6.76. The molecule has 1 aromatic rings. The van der Waals surface area contributed by atoms with Gasteiger partial charge in [0.2, 0.25) is 0 Å². The summed E-state index contributed by atoms with van der Waals surface area (Å²) in [6.45, 7) is 6.92. The summed E-state index contributed by atoms with van der Waals surface area (Å²) >= 11 is 0. The fraction of sp³-hybridized carbons (Fsp3) is 0.545. The summed E-state index contributed by atoms with van der Waals surface area (Å²) in [5.41, 5.74) is -0.122. The summed E-state index contributed by atoms with van der Waals surface area (Å²) in [5, 5.41) is 18.4. The standard InChI is InChI=1S/C11H16O4/c1-6-5-8(7(2)15-6)11(3,4)9(12)10(13)14/h5,9,12H,1-4H3,(H,13,14). The van der Waals surface area contributed by atoms with Gasteiger partial charge >= 0.3 is 5.97 Å². The number of aryl methyl sites for hydroxylation is 2. The summed E-state index contributed by atoms with van der Waals surface area (Å²) in [6.07, 6.45) is -1.44. The Morgan fingerprint density at radius 1 is 1.47 bits per heavy atom. The van der Waals surface area contributed by atoms with Crippen molar-refractivity contribution in [1.29, 1.82) is 0 Å². The number of aliphatic carboxylic acids is 1. The van der Waals surface area contributed by atoms with E-state index < -0.39 is 17.5 Å². The van der Waals surface area contributed by atoms with E-state index in [1.807, 2.05) is 0 Å². The molecule has 0 saturated carbocycles. The Balaban J connectivity index is 3.15. The molecule has 0 aliphatic rings. The lowest BCUT2D eigenvalue weighted by Gasteiger charge is -2.27. The van der Waals surface area contributed by atoms with Gasteiger partial charge in [-0.05, 0) is 19.9 Å². The highest BCUT2D eigenvalue weighted by molar-refractivity contribution is 5.74. The van der Waals surface area contributed by atoms with E-state index in [-0.39, 0.29) is 0 Å². The Hall–Kier alpha value is -1.29. The van der Waals surface area contributed by atoms with Gasteiger partial charge < -0.3 is 14.6 Å². The Morgan fingerprint density at radius 2 is 2.00 bits per heavy atom. The molecule has 1 aromatic heterocycles. The molecule has 0 aliphatic heterocycles. The average molecular weight is 212 g/mol. The maximum atomic E-state index is 10.8. The van der Waals surface area contributed by atoms with Crippen molar-refractivity contribution in [3.05, 3.63) is 23.2 Å². The van der Waals surface area contributed by atoms with E-state index in [0.717, 1.165) is 5.56 Å². The summed E-state index contributed by atoms with van der Waals surface area (Å²) in [7, 11) is 0. The van der Waals surface area contributed by atoms with Gasteiger partial charge in [-0.1, -0.05) is 13.8 Å². The Morgan fingerprint density at radius 3 is 2.33 bits per heavy atom. The van der Waals surface area contributed by atoms with E-state index in [1.54, 1.807) is 33.8 Å². The van der Waals surface area contributed by atoms with Crippen LogP contribution in [0.2, 0.25) is 0 Å². The number of hydrogen-bond donors (Lipinski definition) is 2. The normalized spacial score (nSPS) is 13.9. The van der Waals surface area contributed by atoms with Crippen LogP contribution in [0.1, 0.15) is 30.9 Å². The number of aliphatic hydroxyl groups excluding tert-OH is 1. The molecule has 1 atom stereocenters. The molecule has 2 N–H and O–H groups in total. The first-order valence-electron chi connectivity index (χ1n) is 4.75. The summed E-state index contributed by atoms with van der Waals surface area (Å²) < 4.78 is 5.33. The van der Waals surface area contributed by atoms with Crippen molar-refractivity contribution in [3.63, 3.8) is 0 Å². The molecule has 4 heteroatoms. The minimum atomic E-state index is -1.44. The first-order valence-corrected chi connectivity index (χ1v) is 4.75. The summed E-state index contributed by atoms with van der Waals surface area (Å²) in [4.78, 5) is 10.8. The lowest BCUT2D eigenvalue weighted by Crippen LogP contribution is -2.40. The predicted octanol–water partition coefficient (Wildman–Crippen LogP) is 1.62. The van der Waals surface area contributed by atoms with E-state index in [1.165, 1.54) is 0 Å². The zero-order valence-corrected chi connectivity index (χ0v) is 9.37. The SMILES string of the molecule is Cc1cc(C(C)(C)C(O)C(=O)O)c(C)o1. The molecular weight excluding hydrogens is 196 g/mol. The molecule has 0 fully saturated rings. The van der Waals surface area contributed by atoms with Gasteiger partial charge in [0.15, 0.2) is 6.10 Å². The van der Waals surface area contributed by atoms with Crippen molar-refractivity contribution in [3.8, 4) is 0 Å². The van der Waals surface area contributed by atoms with Crippen LogP contribution in [0.15, 0.2) is 10.5 Å². The van der Waals surface area contributed by atoms with Gasteiger partial charge in [0, 0.05) is 11.0 Å². The van der Waals surface area contributed by atoms with Gasteiger partial charge in [-0.25, -0.2) is 4.79 Å². The number of hydrogen-bond acceptors (Lipinski definition) is 3. The number of carbonyl (C=O) groups is 1. The van der Waals surface area contributed by atoms with Crippen LogP contribution in [0.5, 0.6) is 0 Å². The fourth-order valence-electron chi connectivity index (χ4n) is 1.73. The van der Waals surface area contributed by atoms with Gasteiger partial charge in [0.05, 0.1) is 0 Å². The van der Waals surface area contributed by atoms with Crippen LogP contribution < -0.4 is 0 Å². The zero-order valence-electron chi connectivity index (χ0n) is 9.37. The fourth-order valence-corrected chi connectivity index (χ4v) is 1.73. The van der Waals surface area contributed by atoms with Crippen LogP contribution in [0.3, 0.4) is 0 Å². The highest BCUT2D eigenvalue weighted by atomic mass is 16.4. The molecule has 1 heterocycles. The van der Waals surface area contributed by atoms with Crippen molar-refractivity contribution in [1.82, 2.24) is 0 Å². The summed E-state index contributed by atoms with van der Waals surface area (Å²) in [6, 6.07) is 1.77. The molecule has 0 saturated heterocycles. The molecule has 0 bridgehead atoms. The maximum Gasteiger partial charge on any atom is 0.333 e. The van der Waals surface area contributed by atoms with Gasteiger partial charge in [0.1, 0.15) is 11.5 Å². The van der Waals surface area contributed by atoms with Crippen LogP contribution >= 0.6 is 0 Å². The van der Waals surface area contributed by atoms with Gasteiger partial charge in [0.25, 0.3) is 0 Å². The molecule has 84 valence electrons. The molecule has 4 nitrogen and oxygen atoms in total. The third-order valence-electron chi connectivity index (χ3n) is 2.65. The van der Waals surface area contributed by atoms with Gasteiger partial charge in [-0.3, -0.25) is 0 Å². The second-order valence-corrected chi connectivity index (χ2v) is 4.29. The topological polar surface area (TPSA) is 70.7 Å². The highest BCUT2D eigenvalue weighted by Crippen LogP contribution is 2.32. The zero-order chi connectivity index (χ0) is 11.8. The third-order valence-corrected chi connectivity index (χ3v) is 2.65. The molecule has 0 amide bonds. The predicted molar refractivity (Wildman–Crippen MR) is 54.9 cm³/mol. The third kappa shape index (κ3) is 2.04. The van der Waals surface area contributed by atoms with E-state index in [9.17, 15) is 9.90 Å². The largest absolute Gasteiger partial charge is 0.479 e. The molecule has 0 radical (unpaired) electrons. The molecule has 15 heavy (non-hydrogen) atoms. The Kier molecular flexibility index (Phi) is 2.90. The minimum Gasteiger partial charge on any atom is -0.479 e. The number of carboxylic acids is 1. The lowest BCUT2D eigenvalue weighted by molar-refractivity contribution is -0.150. The molecule has 1 unspecified atom stereocenters. The summed E-state index contributed by atoms with van der Waals surface area (Å²) in [5.74, 6) is 0.143. The number of rotatable bonds is 3. The van der Waals surface area contributed by atoms with E-state index >= 15 is 0 Å². The van der Waals surface area contributed by atoms with Crippen LogP contribution in [-0.4, -0.2) is 22.3 Å². The second-order valence-electron chi connectivity index (χ2n) is 4.29. The van der Waals surface area contributed by atoms with Crippen molar-refractivity contribution in [2.45, 2.75) is 39.2 Å². The van der Waals surface area contributed by atoms with E-state index in [2.05, 4.69) is 0 Å². The highest BCUT2D eigenvalue weighted by Gasteiger charge is 2.37. The van der Waals surface area contributed by atoms with Crippen LogP contribution in [0, 0.1) is 13.8 Å². The monoisotopic (exact) mass is 212 g/mol. The number of furan rings is 1.